The Balaban J connectivity index is 2.00. The van der Waals surface area contributed by atoms with Crippen LogP contribution in [0.3, 0.4) is 0 Å². The van der Waals surface area contributed by atoms with Gasteiger partial charge in [0.15, 0.2) is 5.41 Å². The third kappa shape index (κ3) is 18.5. The van der Waals surface area contributed by atoms with Crippen LogP contribution >= 0.6 is 0 Å². The van der Waals surface area contributed by atoms with Crippen LogP contribution in [0.25, 0.3) is 0 Å². The molecule has 13 heteroatoms. The van der Waals surface area contributed by atoms with Gasteiger partial charge >= 0.3 is 17.9 Å². The van der Waals surface area contributed by atoms with Gasteiger partial charge in [-0.15, -0.1) is 0 Å². The predicted octanol–water partition coefficient (Wildman–Crippen LogP) is 6.07. The number of likely N-dealkylation sites (tertiary alicyclic amines) is 1. The summed E-state index contributed by atoms with van der Waals surface area (Å²) >= 11 is 0. The van der Waals surface area contributed by atoms with Gasteiger partial charge in [0.1, 0.15) is 6.04 Å². The Morgan fingerprint density at radius 1 is 0.686 bits per heavy atom. The summed E-state index contributed by atoms with van der Waals surface area (Å²) in [5.41, 5.74) is -1.70. The molecule has 0 aromatic rings. The van der Waals surface area contributed by atoms with E-state index < -0.39 is 29.4 Å². The van der Waals surface area contributed by atoms with Crippen LogP contribution in [0.2, 0.25) is 0 Å². The lowest BCUT2D eigenvalue weighted by atomic mass is 9.85. The van der Waals surface area contributed by atoms with Crippen molar-refractivity contribution in [3.05, 3.63) is 0 Å². The topological polar surface area (TPSA) is 207 Å². The number of amides is 4. The molecule has 1 aliphatic heterocycles. The average molecular weight is 724 g/mol. The molecule has 1 fully saturated rings. The van der Waals surface area contributed by atoms with Gasteiger partial charge in [-0.1, -0.05) is 110 Å². The van der Waals surface area contributed by atoms with E-state index in [1.54, 1.807) is 0 Å². The maximum Gasteiger partial charge on any atom is 0.328 e. The molecule has 0 spiro atoms. The quantitative estimate of drug-likeness (QED) is 0.0317. The van der Waals surface area contributed by atoms with E-state index in [0.717, 1.165) is 51.4 Å². The van der Waals surface area contributed by atoms with Crippen LogP contribution in [0.1, 0.15) is 162 Å². The van der Waals surface area contributed by atoms with Crippen molar-refractivity contribution in [2.75, 3.05) is 13.1 Å². The molecule has 1 saturated heterocycles. The van der Waals surface area contributed by atoms with Crippen LogP contribution in [-0.4, -0.2) is 80.9 Å². The summed E-state index contributed by atoms with van der Waals surface area (Å²) in [6.45, 7) is 5.29. The monoisotopic (exact) mass is 723 g/mol. The van der Waals surface area contributed by atoms with Crippen LogP contribution in [0.5, 0.6) is 0 Å². The Morgan fingerprint density at radius 2 is 1.12 bits per heavy atom. The van der Waals surface area contributed by atoms with Crippen molar-refractivity contribution in [3.8, 4) is 0 Å². The van der Waals surface area contributed by atoms with E-state index in [4.69, 9.17) is 10.2 Å². The number of aliphatic carboxylic acids is 3. The van der Waals surface area contributed by atoms with Crippen LogP contribution in [-0.2, 0) is 33.6 Å². The summed E-state index contributed by atoms with van der Waals surface area (Å²) in [6, 6.07) is -1.20. The largest absolute Gasteiger partial charge is 0.480 e. The lowest BCUT2D eigenvalue weighted by Crippen LogP contribution is -2.48. The minimum atomic E-state index is -1.70. The molecule has 0 bridgehead atoms. The van der Waals surface area contributed by atoms with Gasteiger partial charge < -0.3 is 26.0 Å². The minimum absolute atomic E-state index is 0.115. The Hall–Kier alpha value is -3.51. The van der Waals surface area contributed by atoms with Crippen molar-refractivity contribution in [2.45, 2.75) is 168 Å². The van der Waals surface area contributed by atoms with Crippen LogP contribution in [0.4, 0.5) is 0 Å². The normalized spacial score (nSPS) is 15.3. The van der Waals surface area contributed by atoms with E-state index in [9.17, 15) is 38.7 Å². The van der Waals surface area contributed by atoms with Crippen molar-refractivity contribution < 1.29 is 48.9 Å². The van der Waals surface area contributed by atoms with Crippen molar-refractivity contribution in [1.82, 2.24) is 15.5 Å². The SMILES string of the molecule is CC(C)C1CC(=O)N(CCCCCC(=O)NCC(NC(=O)CCCCCCCCCCCCCCCCCC(C)(C(=O)O)C(=O)O)C(=O)O)C1=O. The fourth-order valence-corrected chi connectivity index (χ4v) is 6.34. The van der Waals surface area contributed by atoms with E-state index in [0.29, 0.717) is 38.6 Å². The molecule has 0 aromatic carbocycles. The molecule has 51 heavy (non-hydrogen) atoms. The maximum atomic E-state index is 12.4. The second kappa shape index (κ2) is 25.4. The van der Waals surface area contributed by atoms with Crippen molar-refractivity contribution in [1.29, 1.82) is 0 Å². The molecule has 2 unspecified atom stereocenters. The van der Waals surface area contributed by atoms with Crippen LogP contribution in [0, 0.1) is 17.3 Å². The standard InChI is InChI=1S/C38H65N3O10/c1-28(2)29-26-33(44)41(34(29)45)25-21-17-19-22-31(42)39-27-30(35(46)47)40-32(43)23-18-15-13-11-9-7-5-4-6-8-10-12-14-16-20-24-38(3,36(48)49)37(50)51/h28-30H,4-27H2,1-3H3,(H,39,42)(H,40,43)(H,46,47)(H,48,49)(H,50,51). The van der Waals surface area contributed by atoms with Crippen molar-refractivity contribution in [2.24, 2.45) is 17.3 Å². The predicted molar refractivity (Wildman–Crippen MR) is 193 cm³/mol. The van der Waals surface area contributed by atoms with Gasteiger partial charge in [0.25, 0.3) is 0 Å². The van der Waals surface area contributed by atoms with Gasteiger partial charge in [-0.3, -0.25) is 33.7 Å². The first-order valence-corrected chi connectivity index (χ1v) is 19.3. The maximum absolute atomic E-state index is 12.4. The number of carboxylic acids is 3. The number of rotatable bonds is 31. The van der Waals surface area contributed by atoms with Gasteiger partial charge in [0, 0.05) is 38.3 Å². The van der Waals surface area contributed by atoms with E-state index in [1.165, 1.54) is 43.9 Å². The third-order valence-electron chi connectivity index (χ3n) is 10.0. The van der Waals surface area contributed by atoms with E-state index >= 15 is 0 Å². The van der Waals surface area contributed by atoms with Crippen LogP contribution in [0.15, 0.2) is 0 Å². The van der Waals surface area contributed by atoms with E-state index in [1.807, 2.05) is 13.8 Å². The Morgan fingerprint density at radius 3 is 1.55 bits per heavy atom. The smallest absolute Gasteiger partial charge is 0.328 e. The Bertz CT molecular complexity index is 1110. The van der Waals surface area contributed by atoms with Crippen molar-refractivity contribution in [3.63, 3.8) is 0 Å². The molecule has 1 aliphatic rings. The van der Waals surface area contributed by atoms with Gasteiger partial charge in [-0.2, -0.15) is 0 Å². The summed E-state index contributed by atoms with van der Waals surface area (Å²) < 4.78 is 0. The fraction of sp³-hybridized carbons (Fsp3) is 0.816. The molecule has 1 heterocycles. The van der Waals surface area contributed by atoms with Crippen LogP contribution < -0.4 is 10.6 Å². The number of hydrogen-bond donors (Lipinski definition) is 5. The highest BCUT2D eigenvalue weighted by atomic mass is 16.4. The molecule has 4 amide bonds. The highest BCUT2D eigenvalue weighted by Crippen LogP contribution is 2.27. The fourth-order valence-electron chi connectivity index (χ4n) is 6.34. The van der Waals surface area contributed by atoms with Crippen molar-refractivity contribution >= 4 is 41.5 Å². The molecule has 1 rings (SSSR count). The average Bonchev–Trinajstić information content (AvgIpc) is 3.36. The summed E-state index contributed by atoms with van der Waals surface area (Å²) in [7, 11) is 0. The Labute approximate surface area is 304 Å². The first-order chi connectivity index (χ1) is 24.2. The Kier molecular flexibility index (Phi) is 22.7. The number of hydrogen-bond acceptors (Lipinski definition) is 7. The zero-order chi connectivity index (χ0) is 38.2. The highest BCUT2D eigenvalue weighted by Gasteiger charge is 2.41. The van der Waals surface area contributed by atoms with Gasteiger partial charge in [0.2, 0.25) is 23.6 Å². The molecule has 0 aliphatic carbocycles. The summed E-state index contributed by atoms with van der Waals surface area (Å²) in [5.74, 6) is -4.80. The zero-order valence-corrected chi connectivity index (χ0v) is 31.3. The lowest BCUT2D eigenvalue weighted by molar-refractivity contribution is -0.164. The molecule has 0 aromatic heterocycles. The van der Waals surface area contributed by atoms with E-state index in [-0.39, 0.29) is 67.7 Å². The molecule has 0 radical (unpaired) electrons. The lowest BCUT2D eigenvalue weighted by Gasteiger charge is -2.19. The minimum Gasteiger partial charge on any atom is -0.480 e. The molecule has 2 atom stereocenters. The number of nitrogens with one attached hydrogen (secondary N) is 2. The molecular formula is C38H65N3O10. The van der Waals surface area contributed by atoms with Gasteiger partial charge in [-0.25, -0.2) is 4.79 Å². The molecule has 5 N–H and O–H groups in total. The number of imide groups is 1. The number of carboxylic acid groups (broad SMARTS) is 3. The van der Waals surface area contributed by atoms with Gasteiger partial charge in [0.05, 0.1) is 0 Å². The molecule has 292 valence electrons. The number of carbonyl (C=O) groups excluding carboxylic acids is 4. The summed E-state index contributed by atoms with van der Waals surface area (Å²) in [5, 5.41) is 32.9. The van der Waals surface area contributed by atoms with Gasteiger partial charge in [-0.05, 0) is 38.5 Å². The number of nitrogens with zero attached hydrogens (tertiary/aromatic N) is 1. The number of carbonyl (C=O) groups is 7. The summed E-state index contributed by atoms with van der Waals surface area (Å²) in [6.07, 6.45) is 18.1. The first-order valence-electron chi connectivity index (χ1n) is 19.3. The first kappa shape index (κ1) is 45.5. The van der Waals surface area contributed by atoms with E-state index in [2.05, 4.69) is 10.6 Å². The molecular weight excluding hydrogens is 658 g/mol. The molecule has 0 saturated carbocycles. The second-order valence-corrected chi connectivity index (χ2v) is 14.8. The highest BCUT2D eigenvalue weighted by molar-refractivity contribution is 6.03. The molecule has 13 nitrogen and oxygen atoms in total. The number of unbranched alkanes of at least 4 members (excludes halogenated alkanes) is 16. The zero-order valence-electron chi connectivity index (χ0n) is 31.3. The third-order valence-corrected chi connectivity index (χ3v) is 10.0. The summed E-state index contributed by atoms with van der Waals surface area (Å²) in [4.78, 5) is 84.4. The second-order valence-electron chi connectivity index (χ2n) is 14.8.